The van der Waals surface area contributed by atoms with Gasteiger partial charge in [0.05, 0.1) is 6.54 Å². The SMILES string of the molecule is NCc1ocnc1-c1ccc2c(c1)CCC2. The Hall–Kier alpha value is -1.61. The Morgan fingerprint density at radius 2 is 2.12 bits per heavy atom. The molecule has 1 aliphatic rings. The maximum absolute atomic E-state index is 5.61. The predicted octanol–water partition coefficient (Wildman–Crippen LogP) is 2.29. The molecule has 2 N–H and O–H groups in total. The Bertz CT molecular complexity index is 516. The van der Waals surface area contributed by atoms with Crippen LogP contribution in [-0.2, 0) is 19.4 Å². The van der Waals surface area contributed by atoms with E-state index in [0.29, 0.717) is 6.54 Å². The van der Waals surface area contributed by atoms with Crippen molar-refractivity contribution in [1.29, 1.82) is 0 Å². The molecule has 0 fully saturated rings. The molecule has 3 nitrogen and oxygen atoms in total. The largest absolute Gasteiger partial charge is 0.446 e. The minimum atomic E-state index is 0.395. The first kappa shape index (κ1) is 9.60. The number of nitrogens with zero attached hydrogens (tertiary/aromatic N) is 1. The van der Waals surface area contributed by atoms with Crippen molar-refractivity contribution in [3.63, 3.8) is 0 Å². The third kappa shape index (κ3) is 1.44. The predicted molar refractivity (Wildman–Crippen MR) is 61.9 cm³/mol. The smallest absolute Gasteiger partial charge is 0.181 e. The van der Waals surface area contributed by atoms with Crippen molar-refractivity contribution in [2.24, 2.45) is 5.73 Å². The Morgan fingerprint density at radius 1 is 1.25 bits per heavy atom. The number of hydrogen-bond donors (Lipinski definition) is 1. The maximum atomic E-state index is 5.61. The van der Waals surface area contributed by atoms with E-state index >= 15 is 0 Å². The normalized spacial score (nSPS) is 14.1. The van der Waals surface area contributed by atoms with Crippen LogP contribution in [0.1, 0.15) is 23.3 Å². The molecule has 1 aromatic carbocycles. The molecule has 0 aliphatic heterocycles. The molecule has 16 heavy (non-hydrogen) atoms. The summed E-state index contributed by atoms with van der Waals surface area (Å²) in [6, 6.07) is 6.53. The van der Waals surface area contributed by atoms with Gasteiger partial charge in [-0.15, -0.1) is 0 Å². The Kier molecular flexibility index (Phi) is 2.26. The number of benzene rings is 1. The lowest BCUT2D eigenvalue weighted by molar-refractivity contribution is 0.507. The monoisotopic (exact) mass is 214 g/mol. The molecule has 0 atom stereocenters. The van der Waals surface area contributed by atoms with Crippen LogP contribution < -0.4 is 5.73 Å². The van der Waals surface area contributed by atoms with Crippen molar-refractivity contribution in [2.75, 3.05) is 0 Å². The minimum absolute atomic E-state index is 0.395. The fourth-order valence-corrected chi connectivity index (χ4v) is 2.37. The van der Waals surface area contributed by atoms with E-state index in [1.807, 2.05) is 0 Å². The lowest BCUT2D eigenvalue weighted by Gasteiger charge is -2.03. The molecular weight excluding hydrogens is 200 g/mol. The molecule has 3 rings (SSSR count). The molecule has 3 heteroatoms. The molecule has 1 heterocycles. The highest BCUT2D eigenvalue weighted by molar-refractivity contribution is 5.63. The summed E-state index contributed by atoms with van der Waals surface area (Å²) in [5.41, 5.74) is 10.5. The van der Waals surface area contributed by atoms with Crippen LogP contribution in [0, 0.1) is 0 Å². The third-order valence-electron chi connectivity index (χ3n) is 3.20. The minimum Gasteiger partial charge on any atom is -0.446 e. The van der Waals surface area contributed by atoms with Gasteiger partial charge >= 0.3 is 0 Å². The summed E-state index contributed by atoms with van der Waals surface area (Å²) in [6.45, 7) is 0.395. The zero-order valence-corrected chi connectivity index (χ0v) is 9.07. The summed E-state index contributed by atoms with van der Waals surface area (Å²) in [6.07, 6.45) is 5.11. The standard InChI is InChI=1S/C13H14N2O/c14-7-12-13(15-8-16-12)11-5-4-9-2-1-3-10(9)6-11/h4-6,8H,1-3,7,14H2. The van der Waals surface area contributed by atoms with E-state index in [2.05, 4.69) is 23.2 Å². The summed E-state index contributed by atoms with van der Waals surface area (Å²) in [7, 11) is 0. The van der Waals surface area contributed by atoms with Gasteiger partial charge in [-0.25, -0.2) is 4.98 Å². The van der Waals surface area contributed by atoms with Crippen molar-refractivity contribution >= 4 is 0 Å². The number of fused-ring (bicyclic) bond motifs is 1. The van der Waals surface area contributed by atoms with E-state index < -0.39 is 0 Å². The van der Waals surface area contributed by atoms with Gasteiger partial charge in [-0.3, -0.25) is 0 Å². The molecule has 2 aromatic rings. The third-order valence-corrected chi connectivity index (χ3v) is 3.20. The molecule has 82 valence electrons. The van der Waals surface area contributed by atoms with Crippen LogP contribution in [0.2, 0.25) is 0 Å². The van der Waals surface area contributed by atoms with Gasteiger partial charge in [0.1, 0.15) is 11.5 Å². The summed E-state index contributed by atoms with van der Waals surface area (Å²) >= 11 is 0. The lowest BCUT2D eigenvalue weighted by Crippen LogP contribution is -1.97. The van der Waals surface area contributed by atoms with Gasteiger partial charge in [-0.2, -0.15) is 0 Å². The molecule has 0 saturated carbocycles. The quantitative estimate of drug-likeness (QED) is 0.834. The molecular formula is C13H14N2O. The second-order valence-corrected chi connectivity index (χ2v) is 4.17. The first-order chi connectivity index (χ1) is 7.88. The van der Waals surface area contributed by atoms with Gasteiger partial charge in [0.2, 0.25) is 0 Å². The average Bonchev–Trinajstić information content (AvgIpc) is 2.96. The highest BCUT2D eigenvalue weighted by Crippen LogP contribution is 2.28. The van der Waals surface area contributed by atoms with Gasteiger partial charge < -0.3 is 10.2 Å². The zero-order chi connectivity index (χ0) is 11.0. The molecule has 0 spiro atoms. The topological polar surface area (TPSA) is 52.0 Å². The Labute approximate surface area is 94.3 Å². The van der Waals surface area contributed by atoms with Crippen LogP contribution in [0.5, 0.6) is 0 Å². The zero-order valence-electron chi connectivity index (χ0n) is 9.07. The maximum Gasteiger partial charge on any atom is 0.181 e. The fourth-order valence-electron chi connectivity index (χ4n) is 2.37. The number of rotatable bonds is 2. The van der Waals surface area contributed by atoms with Crippen molar-refractivity contribution < 1.29 is 4.42 Å². The van der Waals surface area contributed by atoms with Gasteiger partial charge in [0, 0.05) is 5.56 Å². The first-order valence-corrected chi connectivity index (χ1v) is 5.63. The first-order valence-electron chi connectivity index (χ1n) is 5.63. The molecule has 0 bridgehead atoms. The number of hydrogen-bond acceptors (Lipinski definition) is 3. The number of aromatic nitrogens is 1. The van der Waals surface area contributed by atoms with Crippen LogP contribution in [-0.4, -0.2) is 4.98 Å². The van der Waals surface area contributed by atoms with E-state index in [1.165, 1.54) is 36.8 Å². The van der Waals surface area contributed by atoms with Gasteiger partial charge in [-0.1, -0.05) is 12.1 Å². The molecule has 0 saturated heterocycles. The lowest BCUT2D eigenvalue weighted by atomic mass is 10.0. The summed E-state index contributed by atoms with van der Waals surface area (Å²) in [4.78, 5) is 4.24. The number of oxazole rings is 1. The molecule has 0 amide bonds. The summed E-state index contributed by atoms with van der Waals surface area (Å²) in [5, 5.41) is 0. The summed E-state index contributed by atoms with van der Waals surface area (Å²) in [5.74, 6) is 0.762. The van der Waals surface area contributed by atoms with Crippen molar-refractivity contribution in [3.8, 4) is 11.3 Å². The number of nitrogens with two attached hydrogens (primary N) is 1. The Morgan fingerprint density at radius 3 is 3.00 bits per heavy atom. The van der Waals surface area contributed by atoms with Gasteiger partial charge in [-0.05, 0) is 36.5 Å². The van der Waals surface area contributed by atoms with Crippen LogP contribution in [0.25, 0.3) is 11.3 Å². The number of aryl methyl sites for hydroxylation is 2. The second kappa shape index (κ2) is 3.76. The second-order valence-electron chi connectivity index (χ2n) is 4.17. The molecule has 0 unspecified atom stereocenters. The Balaban J connectivity index is 2.07. The van der Waals surface area contributed by atoms with Crippen molar-refractivity contribution in [3.05, 3.63) is 41.5 Å². The van der Waals surface area contributed by atoms with E-state index in [0.717, 1.165) is 17.0 Å². The van der Waals surface area contributed by atoms with Crippen LogP contribution in [0.4, 0.5) is 0 Å². The van der Waals surface area contributed by atoms with E-state index in [-0.39, 0.29) is 0 Å². The van der Waals surface area contributed by atoms with E-state index in [4.69, 9.17) is 10.2 Å². The van der Waals surface area contributed by atoms with Gasteiger partial charge in [0.25, 0.3) is 0 Å². The average molecular weight is 214 g/mol. The molecule has 0 radical (unpaired) electrons. The fraction of sp³-hybridized carbons (Fsp3) is 0.308. The van der Waals surface area contributed by atoms with Crippen molar-refractivity contribution in [2.45, 2.75) is 25.8 Å². The van der Waals surface area contributed by atoms with Crippen LogP contribution in [0.15, 0.2) is 29.0 Å². The van der Waals surface area contributed by atoms with Crippen molar-refractivity contribution in [1.82, 2.24) is 4.98 Å². The molecule has 1 aliphatic carbocycles. The highest BCUT2D eigenvalue weighted by Gasteiger charge is 2.14. The molecule has 1 aromatic heterocycles. The van der Waals surface area contributed by atoms with Crippen LogP contribution >= 0.6 is 0 Å². The highest BCUT2D eigenvalue weighted by atomic mass is 16.3. The van der Waals surface area contributed by atoms with E-state index in [9.17, 15) is 0 Å². The summed E-state index contributed by atoms with van der Waals surface area (Å²) < 4.78 is 5.25. The van der Waals surface area contributed by atoms with E-state index in [1.54, 1.807) is 0 Å². The van der Waals surface area contributed by atoms with Gasteiger partial charge in [0.15, 0.2) is 6.39 Å². The van der Waals surface area contributed by atoms with Crippen LogP contribution in [0.3, 0.4) is 0 Å².